The second-order valence-corrected chi connectivity index (χ2v) is 7.00. The molecule has 0 atom stereocenters. The first-order chi connectivity index (χ1) is 7.92. The van der Waals surface area contributed by atoms with Gasteiger partial charge >= 0.3 is 0 Å². The second kappa shape index (κ2) is 6.80. The Morgan fingerprint density at radius 1 is 0.812 bits per heavy atom. The van der Waals surface area contributed by atoms with Gasteiger partial charge in [-0.2, -0.15) is 0 Å². The van der Waals surface area contributed by atoms with E-state index in [-0.39, 0.29) is 0 Å². The normalized spacial score (nSPS) is 25.9. The summed E-state index contributed by atoms with van der Waals surface area (Å²) in [5, 5.41) is 0. The second-order valence-electron chi connectivity index (χ2n) is 5.97. The topological polar surface area (TPSA) is 20.2 Å². The molecule has 2 saturated carbocycles. The first-order valence-electron chi connectivity index (χ1n) is 7.52. The van der Waals surface area contributed by atoms with Gasteiger partial charge in [0.05, 0.1) is 0 Å². The van der Waals surface area contributed by atoms with E-state index in [0.29, 0.717) is 0 Å². The van der Waals surface area contributed by atoms with Gasteiger partial charge in [0, 0.05) is 0 Å². The van der Waals surface area contributed by atoms with Crippen molar-refractivity contribution < 1.29 is 4.80 Å². The summed E-state index contributed by atoms with van der Waals surface area (Å²) in [6, 6.07) is 1.22. The molecule has 2 aliphatic carbocycles. The highest BCUT2D eigenvalue weighted by molar-refractivity contribution is 6.25. The molecule has 1 nitrogen and oxygen atoms in total. The Balaban J connectivity index is 1.91. The van der Waals surface area contributed by atoms with E-state index >= 15 is 0 Å². The van der Waals surface area contributed by atoms with Crippen molar-refractivity contribution in [2.24, 2.45) is 17.8 Å². The SMILES string of the molecule is O[SiH2]CC(C1CCCCC1)C1CCCCC1. The largest absolute Gasteiger partial charge is 0.438 e. The molecule has 0 aliphatic heterocycles. The van der Waals surface area contributed by atoms with Crippen LogP contribution in [0.3, 0.4) is 0 Å². The van der Waals surface area contributed by atoms with Gasteiger partial charge in [-0.1, -0.05) is 64.2 Å². The van der Waals surface area contributed by atoms with E-state index in [1.807, 2.05) is 0 Å². The van der Waals surface area contributed by atoms with Crippen LogP contribution in [0.4, 0.5) is 0 Å². The van der Waals surface area contributed by atoms with Gasteiger partial charge in [-0.05, 0) is 23.8 Å². The Kier molecular flexibility index (Phi) is 5.37. The van der Waals surface area contributed by atoms with Crippen molar-refractivity contribution in [3.05, 3.63) is 0 Å². The van der Waals surface area contributed by atoms with Gasteiger partial charge in [0.25, 0.3) is 0 Å². The average molecular weight is 240 g/mol. The lowest BCUT2D eigenvalue weighted by atomic mass is 9.70. The zero-order chi connectivity index (χ0) is 11.2. The van der Waals surface area contributed by atoms with E-state index in [1.165, 1.54) is 70.3 Å². The van der Waals surface area contributed by atoms with E-state index in [9.17, 15) is 4.80 Å². The maximum Gasteiger partial charge on any atom is 0.157 e. The molecule has 0 amide bonds. The van der Waals surface area contributed by atoms with E-state index in [4.69, 9.17) is 0 Å². The van der Waals surface area contributed by atoms with Crippen molar-refractivity contribution in [2.45, 2.75) is 70.3 Å². The average Bonchev–Trinajstić information content (AvgIpc) is 2.38. The van der Waals surface area contributed by atoms with Gasteiger partial charge in [0.1, 0.15) is 0 Å². The van der Waals surface area contributed by atoms with Crippen molar-refractivity contribution >= 4 is 9.76 Å². The van der Waals surface area contributed by atoms with Crippen LogP contribution in [-0.4, -0.2) is 14.6 Å². The fourth-order valence-electron chi connectivity index (χ4n) is 4.13. The van der Waals surface area contributed by atoms with E-state index in [1.54, 1.807) is 0 Å². The van der Waals surface area contributed by atoms with Crippen LogP contribution in [0.2, 0.25) is 6.04 Å². The fourth-order valence-corrected chi connectivity index (χ4v) is 5.37. The highest BCUT2D eigenvalue weighted by atomic mass is 28.2. The summed E-state index contributed by atoms with van der Waals surface area (Å²) >= 11 is 0. The molecule has 16 heavy (non-hydrogen) atoms. The van der Waals surface area contributed by atoms with Crippen molar-refractivity contribution in [3.63, 3.8) is 0 Å². The molecule has 0 aromatic carbocycles. The molecule has 94 valence electrons. The lowest BCUT2D eigenvalue weighted by Crippen LogP contribution is -2.28. The zero-order valence-corrected chi connectivity index (χ0v) is 12.1. The predicted octanol–water partition coefficient (Wildman–Crippen LogP) is 3.26. The van der Waals surface area contributed by atoms with Crippen molar-refractivity contribution in [1.82, 2.24) is 0 Å². The van der Waals surface area contributed by atoms with Crippen molar-refractivity contribution in [1.29, 1.82) is 0 Å². The minimum Gasteiger partial charge on any atom is -0.438 e. The lowest BCUT2D eigenvalue weighted by molar-refractivity contribution is 0.157. The Labute approximate surface area is 103 Å². The molecule has 0 unspecified atom stereocenters. The molecule has 0 heterocycles. The summed E-state index contributed by atoms with van der Waals surface area (Å²) in [6.45, 7) is 0. The van der Waals surface area contributed by atoms with E-state index in [0.717, 1.165) is 17.8 Å². The first kappa shape index (κ1) is 12.6. The molecule has 2 rings (SSSR count). The van der Waals surface area contributed by atoms with Gasteiger partial charge in [-0.3, -0.25) is 0 Å². The third-order valence-electron chi connectivity index (χ3n) is 4.97. The molecule has 2 fully saturated rings. The lowest BCUT2D eigenvalue weighted by Gasteiger charge is -2.37. The monoisotopic (exact) mass is 240 g/mol. The summed E-state index contributed by atoms with van der Waals surface area (Å²) in [4.78, 5) is 9.44. The zero-order valence-electron chi connectivity index (χ0n) is 10.7. The number of rotatable bonds is 4. The highest BCUT2D eigenvalue weighted by Gasteiger charge is 2.30. The summed E-state index contributed by atoms with van der Waals surface area (Å²) in [5.41, 5.74) is 0. The summed E-state index contributed by atoms with van der Waals surface area (Å²) in [7, 11) is -0.723. The van der Waals surface area contributed by atoms with Crippen molar-refractivity contribution in [3.8, 4) is 0 Å². The third-order valence-corrected chi connectivity index (χ3v) is 5.90. The molecular weight excluding hydrogens is 212 g/mol. The highest BCUT2D eigenvalue weighted by Crippen LogP contribution is 2.41. The van der Waals surface area contributed by atoms with Crippen LogP contribution >= 0.6 is 0 Å². The van der Waals surface area contributed by atoms with Crippen LogP contribution in [0.5, 0.6) is 0 Å². The molecule has 0 aromatic heterocycles. The van der Waals surface area contributed by atoms with Gasteiger partial charge in [-0.25, -0.2) is 0 Å². The molecule has 2 heteroatoms. The van der Waals surface area contributed by atoms with Gasteiger partial charge in [0.2, 0.25) is 0 Å². The Hall–Kier alpha value is 0.177. The molecule has 0 spiro atoms. The fraction of sp³-hybridized carbons (Fsp3) is 1.00. The summed E-state index contributed by atoms with van der Waals surface area (Å²) < 4.78 is 0. The third kappa shape index (κ3) is 3.33. The number of hydrogen-bond acceptors (Lipinski definition) is 1. The van der Waals surface area contributed by atoms with Gasteiger partial charge < -0.3 is 4.80 Å². The smallest absolute Gasteiger partial charge is 0.157 e. The van der Waals surface area contributed by atoms with Crippen LogP contribution in [0.25, 0.3) is 0 Å². The van der Waals surface area contributed by atoms with Crippen molar-refractivity contribution in [2.75, 3.05) is 0 Å². The summed E-state index contributed by atoms with van der Waals surface area (Å²) in [6.07, 6.45) is 14.6. The molecular formula is C14H28OSi. The van der Waals surface area contributed by atoms with Gasteiger partial charge in [0.15, 0.2) is 9.76 Å². The quantitative estimate of drug-likeness (QED) is 0.748. The van der Waals surface area contributed by atoms with Gasteiger partial charge in [-0.15, -0.1) is 0 Å². The maximum absolute atomic E-state index is 9.44. The molecule has 2 aliphatic rings. The molecule has 0 bridgehead atoms. The maximum atomic E-state index is 9.44. The Morgan fingerprint density at radius 3 is 1.62 bits per heavy atom. The summed E-state index contributed by atoms with van der Waals surface area (Å²) in [5.74, 6) is 2.88. The molecule has 1 N–H and O–H groups in total. The first-order valence-corrected chi connectivity index (χ1v) is 9.16. The minimum atomic E-state index is -0.723. The van der Waals surface area contributed by atoms with Crippen LogP contribution in [0.15, 0.2) is 0 Å². The Morgan fingerprint density at radius 2 is 1.25 bits per heavy atom. The minimum absolute atomic E-state index is 0.723. The number of hydrogen-bond donors (Lipinski definition) is 1. The van der Waals surface area contributed by atoms with Crippen LogP contribution < -0.4 is 0 Å². The molecule has 0 radical (unpaired) electrons. The predicted molar refractivity (Wildman–Crippen MR) is 72.2 cm³/mol. The van der Waals surface area contributed by atoms with Crippen LogP contribution in [0.1, 0.15) is 64.2 Å². The van der Waals surface area contributed by atoms with E-state index in [2.05, 4.69) is 0 Å². The standard InChI is InChI=1S/C14H28OSi/c15-16-11-14(12-7-3-1-4-8-12)13-9-5-2-6-10-13/h12-15H,1-11,16H2. The van der Waals surface area contributed by atoms with Crippen LogP contribution in [0, 0.1) is 17.8 Å². The molecule has 0 aromatic rings. The molecule has 0 saturated heterocycles. The van der Waals surface area contributed by atoms with Crippen LogP contribution in [-0.2, 0) is 0 Å². The van der Waals surface area contributed by atoms with E-state index < -0.39 is 9.76 Å². The Bertz CT molecular complexity index is 165.